The molecule has 7 nitrogen and oxygen atoms in total. The maximum Gasteiger partial charge on any atom is 0.269 e. The number of nitrogens with zero attached hydrogens (tertiary/aromatic N) is 3. The molecule has 0 aliphatic carbocycles. The summed E-state index contributed by atoms with van der Waals surface area (Å²) in [5, 5.41) is 18.4. The Morgan fingerprint density at radius 2 is 2.00 bits per heavy atom. The minimum Gasteiger partial charge on any atom is -0.357 e. The quantitative estimate of drug-likeness (QED) is 0.213. The Morgan fingerprint density at radius 1 is 1.22 bits per heavy atom. The molecule has 0 saturated heterocycles. The summed E-state index contributed by atoms with van der Waals surface area (Å²) in [4.78, 5) is 20.5. The smallest absolute Gasteiger partial charge is 0.269 e. The van der Waals surface area contributed by atoms with Gasteiger partial charge in [0.05, 0.1) is 9.93 Å². The normalized spacial score (nSPS) is 11.4. The van der Waals surface area contributed by atoms with E-state index < -0.39 is 0 Å². The molecule has 0 saturated carbocycles. The van der Waals surface area contributed by atoms with Crippen molar-refractivity contribution in [3.8, 4) is 0 Å². The van der Waals surface area contributed by atoms with Crippen LogP contribution in [0.3, 0.4) is 0 Å². The number of rotatable bonds is 10. The zero-order chi connectivity index (χ0) is 19.5. The molecular weight excluding hydrogens is 362 g/mol. The summed E-state index contributed by atoms with van der Waals surface area (Å²) >= 11 is 1.73. The number of nitro benzene ring substituents is 1. The molecule has 0 atom stereocenters. The van der Waals surface area contributed by atoms with Gasteiger partial charge >= 0.3 is 0 Å². The second kappa shape index (κ2) is 11.3. The van der Waals surface area contributed by atoms with Gasteiger partial charge in [0.1, 0.15) is 0 Å². The van der Waals surface area contributed by atoms with Crippen molar-refractivity contribution in [2.75, 3.05) is 19.6 Å². The number of hydrogen-bond donors (Lipinski definition) is 2. The lowest BCUT2D eigenvalue weighted by Gasteiger charge is -2.10. The molecule has 27 heavy (non-hydrogen) atoms. The van der Waals surface area contributed by atoms with Crippen LogP contribution in [0, 0.1) is 17.0 Å². The van der Waals surface area contributed by atoms with Crippen molar-refractivity contribution in [2.45, 2.75) is 39.5 Å². The Labute approximate surface area is 164 Å². The third-order valence-corrected chi connectivity index (χ3v) is 4.91. The molecule has 2 N–H and O–H groups in total. The average molecular weight is 390 g/mol. The van der Waals surface area contributed by atoms with Crippen molar-refractivity contribution in [3.63, 3.8) is 0 Å². The number of nitrogens with one attached hydrogen (secondary N) is 2. The molecule has 0 bridgehead atoms. The monoisotopic (exact) mass is 389 g/mol. The van der Waals surface area contributed by atoms with E-state index in [9.17, 15) is 10.1 Å². The van der Waals surface area contributed by atoms with Crippen LogP contribution in [0.15, 0.2) is 35.5 Å². The number of thiazole rings is 1. The molecule has 0 spiro atoms. The van der Waals surface area contributed by atoms with E-state index in [2.05, 4.69) is 34.5 Å². The van der Waals surface area contributed by atoms with Crippen molar-refractivity contribution in [1.29, 1.82) is 0 Å². The molecule has 0 fully saturated rings. The third-order valence-electron chi connectivity index (χ3n) is 3.94. The maximum atomic E-state index is 10.7. The number of aryl methyl sites for hydroxylation is 2. The van der Waals surface area contributed by atoms with Gasteiger partial charge in [0, 0.05) is 49.3 Å². The molecule has 2 rings (SSSR count). The van der Waals surface area contributed by atoms with Crippen LogP contribution >= 0.6 is 11.3 Å². The first-order valence-corrected chi connectivity index (χ1v) is 10.1. The lowest BCUT2D eigenvalue weighted by molar-refractivity contribution is -0.384. The zero-order valence-corrected chi connectivity index (χ0v) is 16.7. The number of guanidine groups is 1. The minimum absolute atomic E-state index is 0.137. The molecule has 1 heterocycles. The second-order valence-electron chi connectivity index (χ2n) is 6.18. The lowest BCUT2D eigenvalue weighted by atomic mass is 10.1. The van der Waals surface area contributed by atoms with Gasteiger partial charge in [0.2, 0.25) is 0 Å². The molecule has 0 radical (unpaired) electrons. The van der Waals surface area contributed by atoms with E-state index in [1.54, 1.807) is 23.5 Å². The van der Waals surface area contributed by atoms with Crippen molar-refractivity contribution >= 4 is 23.0 Å². The highest BCUT2D eigenvalue weighted by atomic mass is 32.1. The highest BCUT2D eigenvalue weighted by molar-refractivity contribution is 7.11. The van der Waals surface area contributed by atoms with Crippen molar-refractivity contribution in [2.24, 2.45) is 4.99 Å². The van der Waals surface area contributed by atoms with Crippen LogP contribution in [-0.4, -0.2) is 35.5 Å². The van der Waals surface area contributed by atoms with Crippen LogP contribution < -0.4 is 10.6 Å². The molecule has 0 amide bonds. The predicted molar refractivity (Wildman–Crippen MR) is 111 cm³/mol. The molecule has 146 valence electrons. The van der Waals surface area contributed by atoms with Crippen LogP contribution in [0.5, 0.6) is 0 Å². The van der Waals surface area contributed by atoms with Crippen LogP contribution in [-0.2, 0) is 12.8 Å². The van der Waals surface area contributed by atoms with Gasteiger partial charge in [-0.1, -0.05) is 12.1 Å². The summed E-state index contributed by atoms with van der Waals surface area (Å²) in [5.74, 6) is 0.834. The second-order valence-corrected chi connectivity index (χ2v) is 7.50. The van der Waals surface area contributed by atoms with E-state index >= 15 is 0 Å². The predicted octanol–water partition coefficient (Wildman–Crippen LogP) is 3.48. The lowest BCUT2D eigenvalue weighted by Crippen LogP contribution is -2.38. The molecule has 1 aromatic heterocycles. The van der Waals surface area contributed by atoms with Gasteiger partial charge in [0.15, 0.2) is 5.96 Å². The number of aromatic nitrogens is 1. The Hall–Kier alpha value is -2.48. The first-order chi connectivity index (χ1) is 13.1. The highest BCUT2D eigenvalue weighted by Gasteiger charge is 2.04. The largest absolute Gasteiger partial charge is 0.357 e. The average Bonchev–Trinajstić information content (AvgIpc) is 3.07. The van der Waals surface area contributed by atoms with Gasteiger partial charge in [-0.15, -0.1) is 11.3 Å². The van der Waals surface area contributed by atoms with E-state index in [1.807, 2.05) is 18.3 Å². The Bertz CT molecular complexity index is 743. The first kappa shape index (κ1) is 20.8. The Balaban J connectivity index is 1.68. The summed E-state index contributed by atoms with van der Waals surface area (Å²) in [7, 11) is 0. The number of hydrogen-bond acceptors (Lipinski definition) is 5. The summed E-state index contributed by atoms with van der Waals surface area (Å²) in [5.41, 5.74) is 1.26. The number of benzene rings is 1. The third kappa shape index (κ3) is 7.74. The summed E-state index contributed by atoms with van der Waals surface area (Å²) < 4.78 is 0. The van der Waals surface area contributed by atoms with Gasteiger partial charge in [-0.3, -0.25) is 15.1 Å². The number of unbranched alkanes of at least 4 members (excludes halogenated alkanes) is 1. The number of non-ortho nitro benzene ring substituents is 1. The van der Waals surface area contributed by atoms with Crippen LogP contribution in [0.4, 0.5) is 5.69 Å². The maximum absolute atomic E-state index is 10.7. The number of aliphatic imine (C=N–C) groups is 1. The molecular formula is C19H27N5O2S. The molecule has 8 heteroatoms. The van der Waals surface area contributed by atoms with Crippen LogP contribution in [0.1, 0.15) is 35.2 Å². The SMILES string of the molecule is CCNC(=NCCCCc1ccc([N+](=O)[O-])cc1)NCCc1ncc(C)s1. The first-order valence-electron chi connectivity index (χ1n) is 9.25. The fourth-order valence-corrected chi connectivity index (χ4v) is 3.35. The van der Waals surface area contributed by atoms with Gasteiger partial charge in [-0.05, 0) is 38.7 Å². The van der Waals surface area contributed by atoms with E-state index in [0.29, 0.717) is 0 Å². The standard InChI is InChI=1S/C19H27N5O2S/c1-3-20-19(22-13-11-18-23-14-15(2)27-18)21-12-5-4-6-16-7-9-17(10-8-16)24(25)26/h7-10,14H,3-6,11-13H2,1-2H3,(H2,20,21,22). The van der Waals surface area contributed by atoms with Crippen LogP contribution in [0.2, 0.25) is 0 Å². The molecule has 0 aliphatic rings. The van der Waals surface area contributed by atoms with Gasteiger partial charge in [-0.2, -0.15) is 0 Å². The Morgan fingerprint density at radius 3 is 2.63 bits per heavy atom. The van der Waals surface area contributed by atoms with Gasteiger partial charge in [0.25, 0.3) is 5.69 Å². The molecule has 0 aliphatic heterocycles. The summed E-state index contributed by atoms with van der Waals surface area (Å²) in [6.07, 6.45) is 5.67. The summed E-state index contributed by atoms with van der Waals surface area (Å²) in [6.45, 7) is 6.50. The van der Waals surface area contributed by atoms with E-state index in [4.69, 9.17) is 0 Å². The minimum atomic E-state index is -0.372. The zero-order valence-electron chi connectivity index (χ0n) is 15.9. The highest BCUT2D eigenvalue weighted by Crippen LogP contribution is 2.13. The molecule has 0 unspecified atom stereocenters. The van der Waals surface area contributed by atoms with E-state index in [-0.39, 0.29) is 10.6 Å². The van der Waals surface area contributed by atoms with Crippen molar-refractivity contribution in [1.82, 2.24) is 15.6 Å². The fourth-order valence-electron chi connectivity index (χ4n) is 2.56. The fraction of sp³-hybridized carbons (Fsp3) is 0.474. The molecule has 1 aromatic carbocycles. The topological polar surface area (TPSA) is 92.5 Å². The van der Waals surface area contributed by atoms with Crippen LogP contribution in [0.25, 0.3) is 0 Å². The summed E-state index contributed by atoms with van der Waals surface area (Å²) in [6, 6.07) is 6.77. The van der Waals surface area contributed by atoms with Gasteiger partial charge in [-0.25, -0.2) is 4.98 Å². The number of nitro groups is 1. The van der Waals surface area contributed by atoms with E-state index in [1.165, 1.54) is 4.88 Å². The molecule has 2 aromatic rings. The van der Waals surface area contributed by atoms with Crippen molar-refractivity contribution in [3.05, 3.63) is 56.0 Å². The van der Waals surface area contributed by atoms with Crippen molar-refractivity contribution < 1.29 is 4.92 Å². The van der Waals surface area contributed by atoms with Gasteiger partial charge < -0.3 is 10.6 Å². The Kier molecular flexibility index (Phi) is 8.70. The van der Waals surface area contributed by atoms with E-state index in [0.717, 1.165) is 61.8 Å².